The Kier molecular flexibility index (Phi) is 4.84. The Labute approximate surface area is 123 Å². The Bertz CT molecular complexity index is 519. The van der Waals surface area contributed by atoms with Crippen molar-refractivity contribution in [2.45, 2.75) is 32.2 Å². The van der Waals surface area contributed by atoms with Crippen molar-refractivity contribution in [3.8, 4) is 0 Å². The minimum absolute atomic E-state index is 0.0181. The van der Waals surface area contributed by atoms with Crippen molar-refractivity contribution in [1.82, 2.24) is 5.32 Å². The molecule has 6 heteroatoms. The molecule has 0 bridgehead atoms. The fraction of sp³-hybridized carbons (Fsp3) is 0.429. The number of carbonyl (C=O) groups excluding carboxylic acids is 2. The molecule has 108 valence electrons. The molecule has 1 fully saturated rings. The van der Waals surface area contributed by atoms with Gasteiger partial charge in [-0.25, -0.2) is 0 Å². The van der Waals surface area contributed by atoms with Crippen LogP contribution < -0.4 is 16.0 Å². The van der Waals surface area contributed by atoms with Crippen LogP contribution in [0.2, 0.25) is 5.02 Å². The number of halogens is 1. The van der Waals surface area contributed by atoms with E-state index < -0.39 is 0 Å². The van der Waals surface area contributed by atoms with Crippen molar-refractivity contribution in [2.24, 2.45) is 0 Å². The predicted molar refractivity (Wildman–Crippen MR) is 80.0 cm³/mol. The third-order valence-corrected chi connectivity index (χ3v) is 3.47. The number of benzene rings is 1. The first-order valence-electron chi connectivity index (χ1n) is 6.67. The number of amides is 2. The first kappa shape index (κ1) is 14.7. The highest BCUT2D eigenvalue weighted by molar-refractivity contribution is 6.34. The van der Waals surface area contributed by atoms with E-state index in [1.54, 1.807) is 18.2 Å². The monoisotopic (exact) mass is 295 g/mol. The Morgan fingerprint density at radius 1 is 1.40 bits per heavy atom. The second-order valence-corrected chi connectivity index (χ2v) is 5.27. The van der Waals surface area contributed by atoms with Crippen LogP contribution in [0.3, 0.4) is 0 Å². The number of nitrogens with one attached hydrogen (secondary N) is 3. The molecule has 1 heterocycles. The number of carbonyl (C=O) groups is 2. The average Bonchev–Trinajstić information content (AvgIpc) is 2.58. The number of rotatable bonds is 3. The summed E-state index contributed by atoms with van der Waals surface area (Å²) in [5.74, 6) is -0.152. The molecule has 1 atom stereocenters. The number of anilines is 2. The van der Waals surface area contributed by atoms with Crippen LogP contribution in [0, 0.1) is 0 Å². The lowest BCUT2D eigenvalue weighted by Crippen LogP contribution is -2.37. The van der Waals surface area contributed by atoms with Gasteiger partial charge in [0.05, 0.1) is 10.7 Å². The van der Waals surface area contributed by atoms with Crippen LogP contribution in [-0.2, 0) is 9.59 Å². The summed E-state index contributed by atoms with van der Waals surface area (Å²) in [6.07, 6.45) is 2.82. The molecule has 20 heavy (non-hydrogen) atoms. The quantitative estimate of drug-likeness (QED) is 0.802. The van der Waals surface area contributed by atoms with Crippen LogP contribution >= 0.6 is 11.6 Å². The van der Waals surface area contributed by atoms with Crippen LogP contribution in [-0.4, -0.2) is 24.4 Å². The molecular weight excluding hydrogens is 278 g/mol. The molecule has 0 radical (unpaired) electrons. The smallest absolute Gasteiger partial charge is 0.242 e. The fourth-order valence-corrected chi connectivity index (χ4v) is 2.40. The van der Waals surface area contributed by atoms with Gasteiger partial charge in [-0.15, -0.1) is 0 Å². The van der Waals surface area contributed by atoms with Crippen molar-refractivity contribution in [3.63, 3.8) is 0 Å². The number of hydrogen-bond acceptors (Lipinski definition) is 3. The Morgan fingerprint density at radius 3 is 2.90 bits per heavy atom. The zero-order chi connectivity index (χ0) is 14.5. The van der Waals surface area contributed by atoms with Crippen LogP contribution in [0.4, 0.5) is 11.4 Å². The van der Waals surface area contributed by atoms with Gasteiger partial charge in [0.25, 0.3) is 0 Å². The molecule has 0 saturated carbocycles. The van der Waals surface area contributed by atoms with Crippen molar-refractivity contribution in [2.75, 3.05) is 17.2 Å². The summed E-state index contributed by atoms with van der Waals surface area (Å²) in [4.78, 5) is 22.9. The van der Waals surface area contributed by atoms with E-state index in [2.05, 4.69) is 16.0 Å². The summed E-state index contributed by atoms with van der Waals surface area (Å²) in [6, 6.07) is 5.00. The van der Waals surface area contributed by atoms with Crippen LogP contribution in [0.1, 0.15) is 26.2 Å². The Balaban J connectivity index is 2.07. The minimum atomic E-state index is -0.236. The summed E-state index contributed by atoms with van der Waals surface area (Å²) >= 11 is 6.10. The zero-order valence-electron chi connectivity index (χ0n) is 11.3. The third kappa shape index (κ3) is 3.87. The Morgan fingerprint density at radius 2 is 2.20 bits per heavy atom. The van der Waals surface area contributed by atoms with Crippen molar-refractivity contribution in [1.29, 1.82) is 0 Å². The molecule has 1 saturated heterocycles. The Hall–Kier alpha value is -1.75. The summed E-state index contributed by atoms with van der Waals surface area (Å²) in [7, 11) is 0. The maximum Gasteiger partial charge on any atom is 0.242 e. The van der Waals surface area contributed by atoms with Gasteiger partial charge in [0.1, 0.15) is 6.04 Å². The molecular formula is C14H18ClN3O2. The molecule has 1 unspecified atom stereocenters. The first-order valence-corrected chi connectivity index (χ1v) is 7.05. The standard InChI is InChI=1S/C14H18ClN3O2/c1-9(19)17-12-6-5-10(8-11(12)15)18-13-4-2-3-7-16-14(13)20/h5-6,8,13,18H,2-4,7H2,1H3,(H,16,20)(H,17,19). The van der Waals surface area contributed by atoms with Crippen molar-refractivity contribution < 1.29 is 9.59 Å². The number of hydrogen-bond donors (Lipinski definition) is 3. The molecule has 0 aromatic heterocycles. The van der Waals surface area contributed by atoms with Gasteiger partial charge in [-0.1, -0.05) is 11.6 Å². The molecule has 1 aliphatic rings. The fourth-order valence-electron chi connectivity index (χ4n) is 2.17. The van der Waals surface area contributed by atoms with E-state index in [1.165, 1.54) is 6.92 Å². The molecule has 1 aliphatic heterocycles. The lowest BCUT2D eigenvalue weighted by Gasteiger charge is -2.17. The molecule has 1 aromatic carbocycles. The maximum absolute atomic E-state index is 11.9. The molecule has 5 nitrogen and oxygen atoms in total. The van der Waals surface area contributed by atoms with Crippen LogP contribution in [0.5, 0.6) is 0 Å². The molecule has 2 rings (SSSR count). The maximum atomic E-state index is 11.9. The van der Waals surface area contributed by atoms with E-state index in [0.717, 1.165) is 31.5 Å². The lowest BCUT2D eigenvalue weighted by molar-refractivity contribution is -0.121. The lowest BCUT2D eigenvalue weighted by atomic mass is 10.1. The van der Waals surface area contributed by atoms with Gasteiger partial charge in [0, 0.05) is 19.2 Å². The molecule has 0 spiro atoms. The van der Waals surface area contributed by atoms with Gasteiger partial charge in [-0.05, 0) is 37.5 Å². The summed E-state index contributed by atoms with van der Waals surface area (Å²) in [5.41, 5.74) is 1.33. The molecule has 2 amide bonds. The van der Waals surface area contributed by atoms with E-state index >= 15 is 0 Å². The van der Waals surface area contributed by atoms with Gasteiger partial charge in [-0.3, -0.25) is 9.59 Å². The van der Waals surface area contributed by atoms with Crippen LogP contribution in [0.25, 0.3) is 0 Å². The molecule has 3 N–H and O–H groups in total. The predicted octanol–water partition coefficient (Wildman–Crippen LogP) is 2.38. The van der Waals surface area contributed by atoms with E-state index in [1.807, 2.05) is 0 Å². The second-order valence-electron chi connectivity index (χ2n) is 4.86. The molecule has 1 aromatic rings. The SMILES string of the molecule is CC(=O)Nc1ccc(NC2CCCCNC2=O)cc1Cl. The average molecular weight is 296 g/mol. The van der Waals surface area contributed by atoms with Gasteiger partial charge in [-0.2, -0.15) is 0 Å². The largest absolute Gasteiger partial charge is 0.374 e. The highest BCUT2D eigenvalue weighted by Crippen LogP contribution is 2.26. The zero-order valence-corrected chi connectivity index (χ0v) is 12.1. The van der Waals surface area contributed by atoms with Crippen LogP contribution in [0.15, 0.2) is 18.2 Å². The van der Waals surface area contributed by atoms with Gasteiger partial charge in [0.15, 0.2) is 0 Å². The topological polar surface area (TPSA) is 70.2 Å². The highest BCUT2D eigenvalue weighted by atomic mass is 35.5. The molecule has 0 aliphatic carbocycles. The van der Waals surface area contributed by atoms with E-state index in [9.17, 15) is 9.59 Å². The summed E-state index contributed by atoms with van der Waals surface area (Å²) < 4.78 is 0. The van der Waals surface area contributed by atoms with E-state index in [-0.39, 0.29) is 17.9 Å². The van der Waals surface area contributed by atoms with Crippen molar-refractivity contribution >= 4 is 34.8 Å². The van der Waals surface area contributed by atoms with Gasteiger partial charge in [0.2, 0.25) is 11.8 Å². The van der Waals surface area contributed by atoms with Crippen molar-refractivity contribution in [3.05, 3.63) is 23.2 Å². The first-order chi connectivity index (χ1) is 9.56. The normalized spacial score (nSPS) is 18.9. The third-order valence-electron chi connectivity index (χ3n) is 3.16. The highest BCUT2D eigenvalue weighted by Gasteiger charge is 2.20. The van der Waals surface area contributed by atoms with Gasteiger partial charge >= 0.3 is 0 Å². The van der Waals surface area contributed by atoms with Gasteiger partial charge < -0.3 is 16.0 Å². The second kappa shape index (κ2) is 6.61. The summed E-state index contributed by atoms with van der Waals surface area (Å²) in [6.45, 7) is 2.16. The van der Waals surface area contributed by atoms with E-state index in [0.29, 0.717) is 10.7 Å². The summed E-state index contributed by atoms with van der Waals surface area (Å²) in [5, 5.41) is 9.15. The minimum Gasteiger partial charge on any atom is -0.374 e. The van der Waals surface area contributed by atoms with E-state index in [4.69, 9.17) is 11.6 Å².